The van der Waals surface area contributed by atoms with Crippen molar-refractivity contribution in [2.75, 3.05) is 18.8 Å². The summed E-state index contributed by atoms with van der Waals surface area (Å²) >= 11 is 1.49. The quantitative estimate of drug-likeness (QED) is 0.573. The highest BCUT2D eigenvalue weighted by Gasteiger charge is 2.28. The molecule has 0 radical (unpaired) electrons. The summed E-state index contributed by atoms with van der Waals surface area (Å²) in [4.78, 5) is 24.2. The second kappa shape index (κ2) is 6.16. The van der Waals surface area contributed by atoms with Crippen LogP contribution in [0.1, 0.15) is 18.7 Å². The van der Waals surface area contributed by atoms with Gasteiger partial charge in [0, 0.05) is 38.2 Å². The second-order valence-electron chi connectivity index (χ2n) is 4.26. The van der Waals surface area contributed by atoms with Gasteiger partial charge in [-0.25, -0.2) is 0 Å². The van der Waals surface area contributed by atoms with Crippen molar-refractivity contribution < 1.29 is 9.59 Å². The third-order valence-electron chi connectivity index (χ3n) is 2.96. The van der Waals surface area contributed by atoms with Gasteiger partial charge in [0.15, 0.2) is 5.16 Å². The summed E-state index contributed by atoms with van der Waals surface area (Å²) < 4.78 is 1.94. The average molecular weight is 283 g/mol. The van der Waals surface area contributed by atoms with E-state index in [2.05, 4.69) is 10.2 Å². The molecule has 2 N–H and O–H groups in total. The van der Waals surface area contributed by atoms with E-state index in [9.17, 15) is 9.59 Å². The van der Waals surface area contributed by atoms with Gasteiger partial charge in [0.05, 0.1) is 0 Å². The summed E-state index contributed by atoms with van der Waals surface area (Å²) in [6.45, 7) is 3.50. The molecule has 2 amide bonds. The zero-order chi connectivity index (χ0) is 13.8. The number of aryl methyl sites for hydroxylation is 1. The van der Waals surface area contributed by atoms with E-state index in [1.807, 2.05) is 11.5 Å². The predicted molar refractivity (Wildman–Crippen MR) is 70.5 cm³/mol. The van der Waals surface area contributed by atoms with Gasteiger partial charge in [-0.15, -0.1) is 10.2 Å². The van der Waals surface area contributed by atoms with E-state index in [-0.39, 0.29) is 11.8 Å². The van der Waals surface area contributed by atoms with Crippen LogP contribution in [0, 0.1) is 6.92 Å². The number of hydrogen-bond donors (Lipinski definition) is 1. The molecule has 0 aromatic carbocycles. The number of carbonyl (C=O) groups excluding carboxylic acids is 2. The lowest BCUT2D eigenvalue weighted by Gasteiger charge is -2.13. The van der Waals surface area contributed by atoms with E-state index < -0.39 is 0 Å². The lowest BCUT2D eigenvalue weighted by atomic mass is 10.4. The molecule has 1 aliphatic rings. The van der Waals surface area contributed by atoms with Crippen molar-refractivity contribution in [2.45, 2.75) is 31.5 Å². The van der Waals surface area contributed by atoms with Gasteiger partial charge in [0.25, 0.3) is 0 Å². The first-order chi connectivity index (χ1) is 9.13. The number of hydrogen-bond acceptors (Lipinski definition) is 6. The molecule has 104 valence electrons. The van der Waals surface area contributed by atoms with Crippen LogP contribution in [0.4, 0.5) is 0 Å². The van der Waals surface area contributed by atoms with E-state index >= 15 is 0 Å². The summed E-state index contributed by atoms with van der Waals surface area (Å²) in [5, 5.41) is 8.85. The fourth-order valence-electron chi connectivity index (χ4n) is 1.96. The molecule has 8 heteroatoms. The molecule has 0 bridgehead atoms. The van der Waals surface area contributed by atoms with Crippen LogP contribution in [-0.4, -0.2) is 50.3 Å². The van der Waals surface area contributed by atoms with Crippen LogP contribution in [-0.2, 0) is 16.1 Å². The van der Waals surface area contributed by atoms with Crippen molar-refractivity contribution >= 4 is 23.6 Å². The van der Waals surface area contributed by atoms with E-state index in [0.717, 1.165) is 11.0 Å². The van der Waals surface area contributed by atoms with Crippen molar-refractivity contribution in [3.63, 3.8) is 0 Å². The van der Waals surface area contributed by atoms with E-state index in [1.54, 1.807) is 0 Å². The Balaban J connectivity index is 1.89. The fourth-order valence-corrected chi connectivity index (χ4v) is 2.89. The number of likely N-dealkylation sites (tertiary alicyclic amines) is 1. The summed E-state index contributed by atoms with van der Waals surface area (Å²) in [5.74, 6) is 1.29. The number of carbonyl (C=O) groups is 2. The van der Waals surface area contributed by atoms with Gasteiger partial charge in [0.1, 0.15) is 5.82 Å². The molecule has 7 nitrogen and oxygen atoms in total. The number of nitrogens with two attached hydrogens (primary N) is 1. The van der Waals surface area contributed by atoms with Crippen LogP contribution >= 0.6 is 11.8 Å². The third-order valence-corrected chi connectivity index (χ3v) is 3.90. The maximum Gasteiger partial charge on any atom is 0.229 e. The molecule has 2 rings (SSSR count). The van der Waals surface area contributed by atoms with Gasteiger partial charge in [0.2, 0.25) is 11.8 Å². The molecular formula is C11H17N5O2S. The van der Waals surface area contributed by atoms with Gasteiger partial charge >= 0.3 is 0 Å². The minimum absolute atomic E-state index is 0.0785. The first-order valence-electron chi connectivity index (χ1n) is 6.19. The molecule has 0 saturated carbocycles. The first-order valence-corrected chi connectivity index (χ1v) is 7.18. The molecule has 19 heavy (non-hydrogen) atoms. The van der Waals surface area contributed by atoms with Crippen LogP contribution in [0.15, 0.2) is 5.16 Å². The third kappa shape index (κ3) is 3.13. The molecule has 0 unspecified atom stereocenters. The molecule has 1 saturated heterocycles. The van der Waals surface area contributed by atoms with Crippen molar-refractivity contribution in [1.29, 1.82) is 0 Å². The molecule has 1 aliphatic heterocycles. The van der Waals surface area contributed by atoms with Crippen LogP contribution in [0.3, 0.4) is 0 Å². The lowest BCUT2D eigenvalue weighted by Crippen LogP contribution is -2.31. The number of nitrogens with zero attached hydrogens (tertiary/aromatic N) is 4. The Morgan fingerprint density at radius 3 is 2.53 bits per heavy atom. The van der Waals surface area contributed by atoms with Crippen molar-refractivity contribution in [2.24, 2.45) is 5.73 Å². The SMILES string of the molecule is Cc1nnc(SCCN2C(=O)CCC2=O)n1CCN. The highest BCUT2D eigenvalue weighted by atomic mass is 32.2. The zero-order valence-electron chi connectivity index (χ0n) is 10.8. The highest BCUT2D eigenvalue weighted by Crippen LogP contribution is 2.18. The predicted octanol–water partition coefficient (Wildman–Crippen LogP) is -0.214. The molecule has 1 aromatic rings. The summed E-state index contributed by atoms with van der Waals surface area (Å²) in [5.41, 5.74) is 5.54. The summed E-state index contributed by atoms with van der Waals surface area (Å²) in [6.07, 6.45) is 0.679. The first kappa shape index (κ1) is 14.0. The Morgan fingerprint density at radius 2 is 1.89 bits per heavy atom. The Kier molecular flexibility index (Phi) is 4.54. The van der Waals surface area contributed by atoms with Crippen LogP contribution in [0.25, 0.3) is 0 Å². The largest absolute Gasteiger partial charge is 0.329 e. The second-order valence-corrected chi connectivity index (χ2v) is 5.32. The Hall–Kier alpha value is -1.41. The normalized spacial score (nSPS) is 15.6. The molecule has 0 spiro atoms. The number of thioether (sulfide) groups is 1. The zero-order valence-corrected chi connectivity index (χ0v) is 11.7. The number of rotatable bonds is 6. The maximum absolute atomic E-state index is 11.4. The van der Waals surface area contributed by atoms with E-state index in [0.29, 0.717) is 38.2 Å². The van der Waals surface area contributed by atoms with Crippen molar-refractivity contribution in [3.8, 4) is 0 Å². The number of aromatic nitrogens is 3. The smallest absolute Gasteiger partial charge is 0.229 e. The van der Waals surface area contributed by atoms with Crippen LogP contribution in [0.5, 0.6) is 0 Å². The van der Waals surface area contributed by atoms with Gasteiger partial charge in [-0.05, 0) is 6.92 Å². The van der Waals surface area contributed by atoms with Crippen LogP contribution in [0.2, 0.25) is 0 Å². The van der Waals surface area contributed by atoms with Gasteiger partial charge in [-0.1, -0.05) is 11.8 Å². The summed E-state index contributed by atoms with van der Waals surface area (Å²) in [7, 11) is 0. The molecule has 1 aromatic heterocycles. The van der Waals surface area contributed by atoms with Gasteiger partial charge in [-0.2, -0.15) is 0 Å². The van der Waals surface area contributed by atoms with E-state index in [1.165, 1.54) is 16.7 Å². The Labute approximate surface area is 115 Å². The summed E-state index contributed by atoms with van der Waals surface area (Å²) in [6, 6.07) is 0. The van der Waals surface area contributed by atoms with Gasteiger partial charge in [-0.3, -0.25) is 14.5 Å². The van der Waals surface area contributed by atoms with Gasteiger partial charge < -0.3 is 10.3 Å². The minimum Gasteiger partial charge on any atom is -0.329 e. The topological polar surface area (TPSA) is 94.1 Å². The monoisotopic (exact) mass is 283 g/mol. The molecular weight excluding hydrogens is 266 g/mol. The molecule has 0 aliphatic carbocycles. The highest BCUT2D eigenvalue weighted by molar-refractivity contribution is 7.99. The molecule has 2 heterocycles. The Bertz CT molecular complexity index is 471. The van der Waals surface area contributed by atoms with Crippen LogP contribution < -0.4 is 5.73 Å². The minimum atomic E-state index is -0.0785. The molecule has 1 fully saturated rings. The standard InChI is InChI=1S/C11H17N5O2S/c1-8-13-14-11(15(8)5-4-12)19-7-6-16-9(17)2-3-10(16)18/h2-7,12H2,1H3. The Morgan fingerprint density at radius 1 is 1.21 bits per heavy atom. The lowest BCUT2D eigenvalue weighted by molar-refractivity contribution is -0.137. The maximum atomic E-state index is 11.4. The average Bonchev–Trinajstić information content (AvgIpc) is 2.88. The molecule has 0 atom stereocenters. The van der Waals surface area contributed by atoms with Crippen molar-refractivity contribution in [1.82, 2.24) is 19.7 Å². The van der Waals surface area contributed by atoms with E-state index in [4.69, 9.17) is 5.73 Å². The fraction of sp³-hybridized carbons (Fsp3) is 0.636. The number of amides is 2. The van der Waals surface area contributed by atoms with Crippen molar-refractivity contribution in [3.05, 3.63) is 5.82 Å². The number of imide groups is 1.